The Hall–Kier alpha value is -1.91. The number of rotatable bonds is 5. The maximum absolute atomic E-state index is 11.1. The van der Waals surface area contributed by atoms with Crippen molar-refractivity contribution in [2.24, 2.45) is 0 Å². The number of aryl methyl sites for hydroxylation is 2. The van der Waals surface area contributed by atoms with Crippen LogP contribution in [0.5, 0.6) is 0 Å². The molecule has 0 atom stereocenters. The second-order valence-corrected chi connectivity index (χ2v) is 7.64. The number of fused-ring (bicyclic) bond motifs is 2. The molecule has 1 heterocycles. The van der Waals surface area contributed by atoms with Gasteiger partial charge in [0, 0.05) is 16.3 Å². The standard InChI is InChI=1S/C20H23NO2S/c1-21(2)11-5-8-18-17-7-4-3-6-14(17)9-10-15-12-16(13-19(22)23)24-20(15)18/h3-4,6-8,12H,5,9-11,13H2,1-2H3,(H,22,23)/b18-8+. The number of hydrogen-bond donors (Lipinski definition) is 1. The predicted molar refractivity (Wildman–Crippen MR) is 99.8 cm³/mol. The smallest absolute Gasteiger partial charge is 0.308 e. The van der Waals surface area contributed by atoms with Crippen molar-refractivity contribution in [1.29, 1.82) is 0 Å². The van der Waals surface area contributed by atoms with Crippen LogP contribution in [0.15, 0.2) is 36.4 Å². The van der Waals surface area contributed by atoms with Gasteiger partial charge in [-0.15, -0.1) is 11.3 Å². The highest BCUT2D eigenvalue weighted by atomic mass is 32.1. The first kappa shape index (κ1) is 16.9. The molecule has 1 aliphatic carbocycles. The minimum absolute atomic E-state index is 0.115. The van der Waals surface area contributed by atoms with Crippen molar-refractivity contribution in [3.63, 3.8) is 0 Å². The average molecular weight is 341 g/mol. The molecule has 0 amide bonds. The molecular formula is C20H23NO2S. The van der Waals surface area contributed by atoms with Gasteiger partial charge in [0.2, 0.25) is 0 Å². The molecule has 1 N–H and O–H groups in total. The van der Waals surface area contributed by atoms with Gasteiger partial charge in [-0.3, -0.25) is 4.79 Å². The fraction of sp³-hybridized carbons (Fsp3) is 0.350. The lowest BCUT2D eigenvalue weighted by molar-refractivity contribution is -0.136. The van der Waals surface area contributed by atoms with Crippen molar-refractivity contribution >= 4 is 22.9 Å². The summed E-state index contributed by atoms with van der Waals surface area (Å²) in [6.45, 7) is 1.01. The maximum atomic E-state index is 11.1. The molecule has 1 aromatic carbocycles. The normalized spacial score (nSPS) is 15.2. The number of benzene rings is 1. The SMILES string of the molecule is CN(C)CC/C=C1\c2ccccc2CCc2cc(CC(=O)O)sc21. The first-order chi connectivity index (χ1) is 11.5. The maximum Gasteiger partial charge on any atom is 0.308 e. The highest BCUT2D eigenvalue weighted by molar-refractivity contribution is 7.13. The number of carboxylic acid groups (broad SMARTS) is 1. The van der Waals surface area contributed by atoms with E-state index in [0.717, 1.165) is 30.7 Å². The highest BCUT2D eigenvalue weighted by Gasteiger charge is 2.21. The largest absolute Gasteiger partial charge is 0.481 e. The summed E-state index contributed by atoms with van der Waals surface area (Å²) in [6, 6.07) is 10.7. The molecular weight excluding hydrogens is 318 g/mol. The molecule has 126 valence electrons. The Morgan fingerprint density at radius 1 is 1.25 bits per heavy atom. The summed E-state index contributed by atoms with van der Waals surface area (Å²) in [5, 5.41) is 9.10. The van der Waals surface area contributed by atoms with Gasteiger partial charge in [-0.2, -0.15) is 0 Å². The van der Waals surface area contributed by atoms with E-state index in [-0.39, 0.29) is 6.42 Å². The Kier molecular flexibility index (Phi) is 5.17. The molecule has 0 radical (unpaired) electrons. The van der Waals surface area contributed by atoms with Gasteiger partial charge in [-0.05, 0) is 61.7 Å². The first-order valence-corrected chi connectivity index (χ1v) is 9.13. The van der Waals surface area contributed by atoms with Gasteiger partial charge in [-0.25, -0.2) is 0 Å². The van der Waals surface area contributed by atoms with Gasteiger partial charge in [0.05, 0.1) is 6.42 Å². The van der Waals surface area contributed by atoms with Crippen LogP contribution in [0.4, 0.5) is 0 Å². The van der Waals surface area contributed by atoms with Crippen LogP contribution in [-0.2, 0) is 24.1 Å². The number of thiophene rings is 1. The zero-order valence-corrected chi connectivity index (χ0v) is 15.0. The summed E-state index contributed by atoms with van der Waals surface area (Å²) in [4.78, 5) is 15.5. The number of hydrogen-bond acceptors (Lipinski definition) is 3. The number of nitrogens with zero attached hydrogens (tertiary/aromatic N) is 1. The van der Waals surface area contributed by atoms with E-state index in [1.54, 1.807) is 11.3 Å². The van der Waals surface area contributed by atoms with Crippen LogP contribution in [0.25, 0.3) is 5.57 Å². The van der Waals surface area contributed by atoms with Crippen molar-refractivity contribution < 1.29 is 9.90 Å². The van der Waals surface area contributed by atoms with E-state index < -0.39 is 5.97 Å². The molecule has 0 unspecified atom stereocenters. The van der Waals surface area contributed by atoms with E-state index in [2.05, 4.69) is 55.4 Å². The summed E-state index contributed by atoms with van der Waals surface area (Å²) in [5.41, 5.74) is 5.26. The van der Waals surface area contributed by atoms with Crippen LogP contribution in [0, 0.1) is 0 Å². The summed E-state index contributed by atoms with van der Waals surface area (Å²) in [7, 11) is 4.17. The van der Waals surface area contributed by atoms with E-state index >= 15 is 0 Å². The highest BCUT2D eigenvalue weighted by Crippen LogP contribution is 2.39. The van der Waals surface area contributed by atoms with Gasteiger partial charge >= 0.3 is 5.97 Å². The molecule has 24 heavy (non-hydrogen) atoms. The van der Waals surface area contributed by atoms with E-state index in [9.17, 15) is 4.79 Å². The van der Waals surface area contributed by atoms with Gasteiger partial charge in [0.1, 0.15) is 0 Å². The Bertz CT molecular complexity index is 774. The van der Waals surface area contributed by atoms with Crippen molar-refractivity contribution in [2.75, 3.05) is 20.6 Å². The first-order valence-electron chi connectivity index (χ1n) is 8.31. The van der Waals surface area contributed by atoms with E-state index in [4.69, 9.17) is 5.11 Å². The molecule has 3 nitrogen and oxygen atoms in total. The lowest BCUT2D eigenvalue weighted by atomic mass is 9.98. The van der Waals surface area contributed by atoms with E-state index in [1.807, 2.05) is 0 Å². The molecule has 0 bridgehead atoms. The summed E-state index contributed by atoms with van der Waals surface area (Å²) < 4.78 is 0. The van der Waals surface area contributed by atoms with Gasteiger partial charge < -0.3 is 10.0 Å². The summed E-state index contributed by atoms with van der Waals surface area (Å²) in [6.07, 6.45) is 5.42. The molecule has 0 saturated carbocycles. The van der Waals surface area contributed by atoms with Crippen molar-refractivity contribution in [3.8, 4) is 0 Å². The molecule has 0 aliphatic heterocycles. The van der Waals surface area contributed by atoms with Gasteiger partial charge in [0.25, 0.3) is 0 Å². The average Bonchev–Trinajstić information content (AvgIpc) is 2.85. The zero-order chi connectivity index (χ0) is 17.1. The second kappa shape index (κ2) is 7.32. The molecule has 0 spiro atoms. The van der Waals surface area contributed by atoms with Crippen molar-refractivity contribution in [1.82, 2.24) is 4.90 Å². The van der Waals surface area contributed by atoms with Crippen molar-refractivity contribution in [2.45, 2.75) is 25.7 Å². The Morgan fingerprint density at radius 3 is 2.75 bits per heavy atom. The second-order valence-electron chi connectivity index (χ2n) is 6.50. The van der Waals surface area contributed by atoms with Crippen LogP contribution in [0.2, 0.25) is 0 Å². The minimum Gasteiger partial charge on any atom is -0.481 e. The van der Waals surface area contributed by atoms with Crippen molar-refractivity contribution in [3.05, 3.63) is 62.9 Å². The Balaban J connectivity index is 2.03. The van der Waals surface area contributed by atoms with Gasteiger partial charge in [0.15, 0.2) is 0 Å². The number of carboxylic acids is 1. The molecule has 1 aliphatic rings. The molecule has 4 heteroatoms. The molecule has 0 saturated heterocycles. The third-order valence-electron chi connectivity index (χ3n) is 4.33. The third-order valence-corrected chi connectivity index (χ3v) is 5.54. The molecule has 0 fully saturated rings. The summed E-state index contributed by atoms with van der Waals surface area (Å²) in [5.74, 6) is -0.759. The minimum atomic E-state index is -0.759. The monoisotopic (exact) mass is 341 g/mol. The lowest BCUT2D eigenvalue weighted by Crippen LogP contribution is -2.12. The summed E-state index contributed by atoms with van der Waals surface area (Å²) >= 11 is 1.64. The van der Waals surface area contributed by atoms with Crippen LogP contribution in [-0.4, -0.2) is 36.6 Å². The fourth-order valence-corrected chi connectivity index (χ4v) is 4.45. The topological polar surface area (TPSA) is 40.5 Å². The predicted octanol–water partition coefficient (Wildman–Crippen LogP) is 3.86. The molecule has 2 aromatic rings. The van der Waals surface area contributed by atoms with Crippen LogP contribution in [0.3, 0.4) is 0 Å². The zero-order valence-electron chi connectivity index (χ0n) is 14.2. The number of carbonyl (C=O) groups is 1. The van der Waals surface area contributed by atoms with E-state index in [1.165, 1.54) is 27.1 Å². The Morgan fingerprint density at radius 2 is 2.00 bits per heavy atom. The van der Waals surface area contributed by atoms with Crippen LogP contribution < -0.4 is 0 Å². The van der Waals surface area contributed by atoms with Gasteiger partial charge in [-0.1, -0.05) is 30.3 Å². The van der Waals surface area contributed by atoms with Crippen LogP contribution >= 0.6 is 11.3 Å². The molecule has 1 aromatic heterocycles. The fourth-order valence-electron chi connectivity index (χ4n) is 3.20. The quantitative estimate of drug-likeness (QED) is 0.898. The lowest BCUT2D eigenvalue weighted by Gasteiger charge is -2.11. The van der Waals surface area contributed by atoms with E-state index in [0.29, 0.717) is 0 Å². The Labute approximate surface area is 147 Å². The number of aliphatic carboxylic acids is 1. The third kappa shape index (κ3) is 3.77. The molecule has 3 rings (SSSR count). The van der Waals surface area contributed by atoms with Crippen LogP contribution in [0.1, 0.15) is 32.9 Å².